The molecule has 3 amide bonds. The molecule has 0 radical (unpaired) electrons. The van der Waals surface area contributed by atoms with E-state index in [4.69, 9.17) is 5.73 Å². The van der Waals surface area contributed by atoms with Crippen LogP contribution < -0.4 is 16.4 Å². The Hall–Kier alpha value is -2.08. The molecule has 6 nitrogen and oxygen atoms in total. The van der Waals surface area contributed by atoms with Gasteiger partial charge in [-0.25, -0.2) is 4.79 Å². The highest BCUT2D eigenvalue weighted by molar-refractivity contribution is 5.85. The smallest absolute Gasteiger partial charge is 0.315 e. The number of carbonyl (C=O) groups excluding carboxylic acids is 2. The summed E-state index contributed by atoms with van der Waals surface area (Å²) in [6.07, 6.45) is 1.97. The predicted molar refractivity (Wildman–Crippen MR) is 90.0 cm³/mol. The van der Waals surface area contributed by atoms with Crippen LogP contribution >= 0.6 is 0 Å². The molecule has 1 aromatic carbocycles. The number of primary amides is 1. The van der Waals surface area contributed by atoms with Gasteiger partial charge in [-0.05, 0) is 45.5 Å². The Morgan fingerprint density at radius 1 is 1.26 bits per heavy atom. The number of urea groups is 1. The fourth-order valence-electron chi connectivity index (χ4n) is 2.97. The van der Waals surface area contributed by atoms with Crippen molar-refractivity contribution in [1.82, 2.24) is 15.5 Å². The Balaban J connectivity index is 2.04. The normalized spacial score (nSPS) is 18.9. The highest BCUT2D eigenvalue weighted by atomic mass is 16.2. The Morgan fingerprint density at radius 3 is 2.43 bits per heavy atom. The van der Waals surface area contributed by atoms with E-state index in [9.17, 15) is 9.59 Å². The summed E-state index contributed by atoms with van der Waals surface area (Å²) in [6, 6.07) is 9.27. The minimum Gasteiger partial charge on any atom is -0.368 e. The third-order valence-corrected chi connectivity index (χ3v) is 4.69. The van der Waals surface area contributed by atoms with Gasteiger partial charge in [-0.15, -0.1) is 0 Å². The van der Waals surface area contributed by atoms with Crippen LogP contribution in [0.2, 0.25) is 0 Å². The number of nitrogens with two attached hydrogens (primary N) is 1. The lowest BCUT2D eigenvalue weighted by atomic mass is 9.72. The fourth-order valence-corrected chi connectivity index (χ4v) is 2.97. The number of hydrogen-bond acceptors (Lipinski definition) is 3. The number of nitrogens with one attached hydrogen (secondary N) is 2. The highest BCUT2D eigenvalue weighted by Crippen LogP contribution is 2.34. The molecule has 1 fully saturated rings. The van der Waals surface area contributed by atoms with Crippen molar-refractivity contribution in [3.05, 3.63) is 35.9 Å². The van der Waals surface area contributed by atoms with Gasteiger partial charge in [-0.1, -0.05) is 30.3 Å². The third-order valence-electron chi connectivity index (χ3n) is 4.69. The van der Waals surface area contributed by atoms with Crippen molar-refractivity contribution in [3.8, 4) is 0 Å². The zero-order valence-corrected chi connectivity index (χ0v) is 13.8. The number of piperidine rings is 1. The number of likely N-dealkylation sites (tertiary alicyclic amines) is 1. The van der Waals surface area contributed by atoms with Crippen LogP contribution in [0.3, 0.4) is 0 Å². The summed E-state index contributed by atoms with van der Waals surface area (Å²) in [5.74, 6) is -0.544. The first kappa shape index (κ1) is 17.3. The van der Waals surface area contributed by atoms with Crippen LogP contribution in [0.15, 0.2) is 30.3 Å². The summed E-state index contributed by atoms with van der Waals surface area (Å²) in [5, 5.41) is 5.48. The summed E-state index contributed by atoms with van der Waals surface area (Å²) in [6.45, 7) is 4.11. The number of rotatable bonds is 5. The molecule has 0 aromatic heterocycles. The van der Waals surface area contributed by atoms with Gasteiger partial charge in [-0.2, -0.15) is 0 Å². The van der Waals surface area contributed by atoms with E-state index >= 15 is 0 Å². The van der Waals surface area contributed by atoms with Crippen LogP contribution in [0.25, 0.3) is 0 Å². The maximum absolute atomic E-state index is 12.0. The minimum atomic E-state index is -0.680. The van der Waals surface area contributed by atoms with Crippen molar-refractivity contribution >= 4 is 11.9 Å². The van der Waals surface area contributed by atoms with Crippen molar-refractivity contribution in [2.24, 2.45) is 5.73 Å². The Labute approximate surface area is 137 Å². The standard InChI is InChI=1S/C17H26N4O2/c1-13(15(18)22)20-16(23)19-12-17(8-10-21(2)11-9-17)14-6-4-3-5-7-14/h3-7,13H,8-12H2,1-2H3,(H2,18,22)(H2,19,20,23)/t13-/m0/s1. The van der Waals surface area contributed by atoms with E-state index < -0.39 is 11.9 Å². The van der Waals surface area contributed by atoms with Gasteiger partial charge in [0.15, 0.2) is 0 Å². The van der Waals surface area contributed by atoms with Gasteiger partial charge in [-0.3, -0.25) is 4.79 Å². The molecule has 1 atom stereocenters. The number of benzene rings is 1. The van der Waals surface area contributed by atoms with Crippen molar-refractivity contribution in [2.75, 3.05) is 26.7 Å². The van der Waals surface area contributed by atoms with Crippen molar-refractivity contribution < 1.29 is 9.59 Å². The van der Waals surface area contributed by atoms with E-state index in [1.54, 1.807) is 6.92 Å². The maximum Gasteiger partial charge on any atom is 0.315 e. The molecule has 0 saturated carbocycles. The van der Waals surface area contributed by atoms with E-state index in [2.05, 4.69) is 34.7 Å². The Morgan fingerprint density at radius 2 is 1.87 bits per heavy atom. The number of nitrogens with zero attached hydrogens (tertiary/aromatic N) is 1. The second-order valence-corrected chi connectivity index (χ2v) is 6.40. The summed E-state index contributed by atoms with van der Waals surface area (Å²) in [7, 11) is 2.11. The monoisotopic (exact) mass is 318 g/mol. The molecule has 1 heterocycles. The lowest BCUT2D eigenvalue weighted by Gasteiger charge is -2.41. The van der Waals surface area contributed by atoms with Crippen LogP contribution in [-0.2, 0) is 10.2 Å². The molecule has 0 aliphatic carbocycles. The first-order valence-electron chi connectivity index (χ1n) is 8.01. The first-order chi connectivity index (χ1) is 10.9. The molecule has 1 aromatic rings. The van der Waals surface area contributed by atoms with E-state index in [1.807, 2.05) is 18.2 Å². The molecule has 126 valence electrons. The second kappa shape index (κ2) is 7.46. The zero-order chi connectivity index (χ0) is 16.9. The summed E-state index contributed by atoms with van der Waals surface area (Å²) in [4.78, 5) is 25.3. The summed E-state index contributed by atoms with van der Waals surface area (Å²) >= 11 is 0. The van der Waals surface area contributed by atoms with Gasteiger partial charge in [0.2, 0.25) is 5.91 Å². The summed E-state index contributed by atoms with van der Waals surface area (Å²) < 4.78 is 0. The van der Waals surface area contributed by atoms with Crippen molar-refractivity contribution in [1.29, 1.82) is 0 Å². The predicted octanol–water partition coefficient (Wildman–Crippen LogP) is 0.823. The van der Waals surface area contributed by atoms with Gasteiger partial charge in [0.1, 0.15) is 6.04 Å². The Bertz CT molecular complexity index is 539. The lowest BCUT2D eigenvalue weighted by molar-refractivity contribution is -0.119. The van der Waals surface area contributed by atoms with Crippen LogP contribution in [0.4, 0.5) is 4.79 Å². The van der Waals surface area contributed by atoms with Gasteiger partial charge in [0.05, 0.1) is 0 Å². The summed E-state index contributed by atoms with van der Waals surface area (Å²) in [5.41, 5.74) is 6.35. The van der Waals surface area contributed by atoms with Gasteiger partial charge in [0.25, 0.3) is 0 Å². The number of hydrogen-bond donors (Lipinski definition) is 3. The number of amides is 3. The molecule has 6 heteroatoms. The topological polar surface area (TPSA) is 87.5 Å². The molecule has 0 spiro atoms. The Kier molecular flexibility index (Phi) is 5.60. The third kappa shape index (κ3) is 4.45. The van der Waals surface area contributed by atoms with Crippen LogP contribution in [0.5, 0.6) is 0 Å². The molecule has 4 N–H and O–H groups in total. The van der Waals surface area contributed by atoms with Gasteiger partial charge >= 0.3 is 6.03 Å². The first-order valence-corrected chi connectivity index (χ1v) is 8.01. The molecule has 2 rings (SSSR count). The van der Waals surface area contributed by atoms with Crippen LogP contribution in [0, 0.1) is 0 Å². The molecule has 1 saturated heterocycles. The number of carbonyl (C=O) groups is 2. The van der Waals surface area contributed by atoms with Crippen molar-refractivity contribution in [2.45, 2.75) is 31.2 Å². The quantitative estimate of drug-likeness (QED) is 0.751. The van der Waals surface area contributed by atoms with Gasteiger partial charge in [0, 0.05) is 12.0 Å². The minimum absolute atomic E-state index is 0.0684. The van der Waals surface area contributed by atoms with E-state index in [0.717, 1.165) is 25.9 Å². The zero-order valence-electron chi connectivity index (χ0n) is 13.8. The highest BCUT2D eigenvalue weighted by Gasteiger charge is 2.35. The fraction of sp³-hybridized carbons (Fsp3) is 0.529. The average molecular weight is 318 g/mol. The molecule has 0 bridgehead atoms. The molecule has 23 heavy (non-hydrogen) atoms. The van der Waals surface area contributed by atoms with Crippen molar-refractivity contribution in [3.63, 3.8) is 0 Å². The van der Waals surface area contributed by atoms with Crippen LogP contribution in [0.1, 0.15) is 25.3 Å². The van der Waals surface area contributed by atoms with E-state index in [0.29, 0.717) is 6.54 Å². The maximum atomic E-state index is 12.0. The molecule has 1 aliphatic rings. The average Bonchev–Trinajstić information content (AvgIpc) is 2.55. The molecule has 0 unspecified atom stereocenters. The molecular formula is C17H26N4O2. The largest absolute Gasteiger partial charge is 0.368 e. The second-order valence-electron chi connectivity index (χ2n) is 6.40. The SMILES string of the molecule is C[C@H](NC(=O)NCC1(c2ccccc2)CCN(C)CC1)C(N)=O. The van der Waals surface area contributed by atoms with E-state index in [-0.39, 0.29) is 11.4 Å². The molecular weight excluding hydrogens is 292 g/mol. The lowest BCUT2D eigenvalue weighted by Crippen LogP contribution is -2.52. The van der Waals surface area contributed by atoms with Crippen LogP contribution in [-0.4, -0.2) is 49.6 Å². The van der Waals surface area contributed by atoms with Gasteiger partial charge < -0.3 is 21.3 Å². The molecule has 1 aliphatic heterocycles. The van der Waals surface area contributed by atoms with E-state index in [1.165, 1.54) is 5.56 Å².